The molecular formula is C14H13NO4. The molecule has 0 aliphatic carbocycles. The Morgan fingerprint density at radius 1 is 1.42 bits per heavy atom. The second-order valence-corrected chi connectivity index (χ2v) is 4.56. The van der Waals surface area contributed by atoms with Crippen molar-refractivity contribution in [3.63, 3.8) is 0 Å². The minimum Gasteiger partial charge on any atom is -0.464 e. The zero-order chi connectivity index (χ0) is 13.4. The molecule has 1 aromatic heterocycles. The second-order valence-electron chi connectivity index (χ2n) is 4.56. The van der Waals surface area contributed by atoms with Gasteiger partial charge in [-0.25, -0.2) is 0 Å². The molecule has 2 aromatic rings. The largest absolute Gasteiger partial charge is 0.464 e. The van der Waals surface area contributed by atoms with Crippen molar-refractivity contribution in [2.45, 2.75) is 19.8 Å². The smallest absolute Gasteiger partial charge is 0.315 e. The predicted octanol–water partition coefficient (Wildman–Crippen LogP) is 1.57. The maximum Gasteiger partial charge on any atom is 0.315 e. The van der Waals surface area contributed by atoms with E-state index >= 15 is 0 Å². The monoisotopic (exact) mass is 259 g/mol. The number of nitrogens with one attached hydrogen (secondary N) is 1. The average Bonchev–Trinajstić information content (AvgIpc) is 2.90. The van der Waals surface area contributed by atoms with E-state index in [1.807, 2.05) is 0 Å². The van der Waals surface area contributed by atoms with Gasteiger partial charge in [-0.05, 0) is 18.6 Å². The van der Waals surface area contributed by atoms with Crippen molar-refractivity contribution in [2.24, 2.45) is 0 Å². The van der Waals surface area contributed by atoms with Crippen LogP contribution < -0.4 is 10.1 Å². The molecule has 19 heavy (non-hydrogen) atoms. The van der Waals surface area contributed by atoms with Crippen LogP contribution in [0.4, 0.5) is 0 Å². The van der Waals surface area contributed by atoms with E-state index in [9.17, 15) is 9.59 Å². The SMILES string of the molecule is CC(=O)NCCc1coc2ccc3c(c12)CC(=O)O3. The highest BCUT2D eigenvalue weighted by Crippen LogP contribution is 2.36. The molecule has 5 nitrogen and oxygen atoms in total. The first-order valence-corrected chi connectivity index (χ1v) is 6.12. The van der Waals surface area contributed by atoms with Crippen molar-refractivity contribution in [3.05, 3.63) is 29.5 Å². The molecule has 1 N–H and O–H groups in total. The summed E-state index contributed by atoms with van der Waals surface area (Å²) in [4.78, 5) is 22.2. The standard InChI is InChI=1S/C14H13NO4/c1-8(16)15-5-4-9-7-18-12-3-2-11-10(14(9)12)6-13(17)19-11/h2-3,7H,4-6H2,1H3,(H,15,16). The van der Waals surface area contributed by atoms with E-state index in [1.54, 1.807) is 18.4 Å². The van der Waals surface area contributed by atoms with Crippen LogP contribution in [0.3, 0.4) is 0 Å². The Morgan fingerprint density at radius 2 is 2.26 bits per heavy atom. The third kappa shape index (κ3) is 2.07. The molecule has 1 aliphatic heterocycles. The van der Waals surface area contributed by atoms with Crippen LogP contribution in [0.15, 0.2) is 22.8 Å². The summed E-state index contributed by atoms with van der Waals surface area (Å²) in [5.74, 6) is 0.313. The van der Waals surface area contributed by atoms with Crippen molar-refractivity contribution in [3.8, 4) is 5.75 Å². The third-order valence-electron chi connectivity index (χ3n) is 3.19. The van der Waals surface area contributed by atoms with Crippen LogP contribution in [0.5, 0.6) is 5.75 Å². The summed E-state index contributed by atoms with van der Waals surface area (Å²) in [6, 6.07) is 3.55. The topological polar surface area (TPSA) is 68.5 Å². The average molecular weight is 259 g/mol. The minimum atomic E-state index is -0.239. The van der Waals surface area contributed by atoms with E-state index in [0.29, 0.717) is 18.7 Å². The van der Waals surface area contributed by atoms with E-state index in [2.05, 4.69) is 5.32 Å². The van der Waals surface area contributed by atoms with Gasteiger partial charge >= 0.3 is 5.97 Å². The summed E-state index contributed by atoms with van der Waals surface area (Å²) in [7, 11) is 0. The van der Waals surface area contributed by atoms with Gasteiger partial charge in [0.15, 0.2) is 0 Å². The molecule has 98 valence electrons. The van der Waals surface area contributed by atoms with Gasteiger partial charge in [-0.2, -0.15) is 0 Å². The van der Waals surface area contributed by atoms with Crippen molar-refractivity contribution < 1.29 is 18.7 Å². The maximum absolute atomic E-state index is 11.4. The molecule has 3 rings (SSSR count). The molecule has 0 radical (unpaired) electrons. The van der Waals surface area contributed by atoms with Gasteiger partial charge in [0.2, 0.25) is 5.91 Å². The van der Waals surface area contributed by atoms with Crippen LogP contribution in [-0.2, 0) is 22.4 Å². The van der Waals surface area contributed by atoms with E-state index in [1.165, 1.54) is 6.92 Å². The molecule has 5 heteroatoms. The van der Waals surface area contributed by atoms with Gasteiger partial charge in [0.25, 0.3) is 0 Å². The van der Waals surface area contributed by atoms with E-state index < -0.39 is 0 Å². The molecule has 0 unspecified atom stereocenters. The number of hydrogen-bond donors (Lipinski definition) is 1. The fourth-order valence-electron chi connectivity index (χ4n) is 2.38. The first-order chi connectivity index (χ1) is 9.15. The molecule has 0 spiro atoms. The van der Waals surface area contributed by atoms with Gasteiger partial charge in [0.05, 0.1) is 12.7 Å². The first kappa shape index (κ1) is 11.8. The summed E-state index contributed by atoms with van der Waals surface area (Å²) < 4.78 is 10.6. The highest BCUT2D eigenvalue weighted by molar-refractivity contribution is 5.94. The number of carbonyl (C=O) groups is 2. The molecule has 0 bridgehead atoms. The van der Waals surface area contributed by atoms with Gasteiger partial charge in [-0.3, -0.25) is 9.59 Å². The zero-order valence-corrected chi connectivity index (χ0v) is 10.5. The van der Waals surface area contributed by atoms with Crippen LogP contribution >= 0.6 is 0 Å². The summed E-state index contributed by atoms with van der Waals surface area (Å²) in [5, 5.41) is 3.68. The Hall–Kier alpha value is -2.30. The van der Waals surface area contributed by atoms with E-state index in [4.69, 9.17) is 9.15 Å². The number of benzene rings is 1. The fraction of sp³-hybridized carbons (Fsp3) is 0.286. The van der Waals surface area contributed by atoms with E-state index in [0.717, 1.165) is 22.1 Å². The number of carbonyl (C=O) groups excluding carboxylic acids is 2. The number of amides is 1. The van der Waals surface area contributed by atoms with Gasteiger partial charge < -0.3 is 14.5 Å². The number of furan rings is 1. The lowest BCUT2D eigenvalue weighted by atomic mass is 10.0. The maximum atomic E-state index is 11.4. The molecule has 0 fully saturated rings. The quantitative estimate of drug-likeness (QED) is 0.671. The lowest BCUT2D eigenvalue weighted by Gasteiger charge is -2.02. The Bertz CT molecular complexity index is 671. The van der Waals surface area contributed by atoms with Crippen LogP contribution in [0.1, 0.15) is 18.1 Å². The molecule has 1 aromatic carbocycles. The Kier molecular flexibility index (Phi) is 2.74. The lowest BCUT2D eigenvalue weighted by molar-refractivity contribution is -0.131. The fourth-order valence-corrected chi connectivity index (χ4v) is 2.38. The predicted molar refractivity (Wildman–Crippen MR) is 67.9 cm³/mol. The Labute approximate surface area is 109 Å². The summed E-state index contributed by atoms with van der Waals surface area (Å²) in [5.41, 5.74) is 2.61. The number of fused-ring (bicyclic) bond motifs is 3. The molecule has 0 saturated carbocycles. The summed E-state index contributed by atoms with van der Waals surface area (Å²) >= 11 is 0. The Balaban J connectivity index is 1.95. The van der Waals surface area contributed by atoms with Crippen LogP contribution in [0.2, 0.25) is 0 Å². The molecule has 1 aliphatic rings. The Morgan fingerprint density at radius 3 is 3.05 bits per heavy atom. The van der Waals surface area contributed by atoms with Crippen molar-refractivity contribution in [1.82, 2.24) is 5.32 Å². The summed E-state index contributed by atoms with van der Waals surface area (Å²) in [6.07, 6.45) is 2.62. The van der Waals surface area contributed by atoms with Gasteiger partial charge in [0.1, 0.15) is 11.3 Å². The highest BCUT2D eigenvalue weighted by Gasteiger charge is 2.25. The minimum absolute atomic E-state index is 0.0588. The van der Waals surface area contributed by atoms with Gasteiger partial charge in [0, 0.05) is 30.0 Å². The van der Waals surface area contributed by atoms with E-state index in [-0.39, 0.29) is 18.3 Å². The number of esters is 1. The van der Waals surface area contributed by atoms with Crippen molar-refractivity contribution >= 4 is 22.8 Å². The molecule has 1 amide bonds. The molecule has 2 heterocycles. The normalized spacial score (nSPS) is 13.4. The summed E-state index contributed by atoms with van der Waals surface area (Å²) in [6.45, 7) is 2.03. The van der Waals surface area contributed by atoms with Crippen LogP contribution in [-0.4, -0.2) is 18.4 Å². The second kappa shape index (κ2) is 4.42. The van der Waals surface area contributed by atoms with Gasteiger partial charge in [-0.1, -0.05) is 0 Å². The number of rotatable bonds is 3. The van der Waals surface area contributed by atoms with Crippen molar-refractivity contribution in [1.29, 1.82) is 0 Å². The van der Waals surface area contributed by atoms with Crippen LogP contribution in [0, 0.1) is 0 Å². The first-order valence-electron chi connectivity index (χ1n) is 6.12. The number of ether oxygens (including phenoxy) is 1. The zero-order valence-electron chi connectivity index (χ0n) is 10.5. The molecule has 0 atom stereocenters. The van der Waals surface area contributed by atoms with Crippen molar-refractivity contribution in [2.75, 3.05) is 6.54 Å². The highest BCUT2D eigenvalue weighted by atomic mass is 16.5. The molecular weight excluding hydrogens is 246 g/mol. The molecule has 0 saturated heterocycles. The van der Waals surface area contributed by atoms with Gasteiger partial charge in [-0.15, -0.1) is 0 Å². The lowest BCUT2D eigenvalue weighted by Crippen LogP contribution is -2.22. The number of hydrogen-bond acceptors (Lipinski definition) is 4. The van der Waals surface area contributed by atoms with Crippen LogP contribution in [0.25, 0.3) is 11.0 Å². The third-order valence-corrected chi connectivity index (χ3v) is 3.19.